The summed E-state index contributed by atoms with van der Waals surface area (Å²) in [6.45, 7) is 2.87. The average molecular weight is 267 g/mol. The van der Waals surface area contributed by atoms with Crippen molar-refractivity contribution in [3.8, 4) is 5.75 Å². The molecule has 1 aromatic rings. The van der Waals surface area contributed by atoms with Crippen molar-refractivity contribution < 1.29 is 8.95 Å². The Bertz CT molecular complexity index is 381. The summed E-state index contributed by atoms with van der Waals surface area (Å²) in [4.78, 5) is 0. The number of anilines is 1. The zero-order valence-corrected chi connectivity index (χ0v) is 11.7. The lowest BCUT2D eigenvalue weighted by Crippen LogP contribution is -2.29. The highest BCUT2D eigenvalue weighted by molar-refractivity contribution is 7.85. The maximum absolute atomic E-state index is 11.3. The minimum atomic E-state index is -0.586. The standard InChI is InChI=1S/C14H21NO2S/c1-2-9-17-14-5-3-12(4-6-14)15-13-7-10-18(16)11-8-13/h3-6,13,15H,2,7-11H2,1H3. The summed E-state index contributed by atoms with van der Waals surface area (Å²) in [5, 5.41) is 3.49. The molecule has 3 nitrogen and oxygen atoms in total. The van der Waals surface area contributed by atoms with Gasteiger partial charge in [0.25, 0.3) is 0 Å². The Kier molecular flexibility index (Phi) is 5.05. The molecule has 1 heterocycles. The molecular formula is C14H21NO2S. The van der Waals surface area contributed by atoms with Crippen molar-refractivity contribution in [3.05, 3.63) is 24.3 Å². The Labute approximate surface area is 111 Å². The van der Waals surface area contributed by atoms with Crippen molar-refractivity contribution in [2.45, 2.75) is 32.2 Å². The predicted molar refractivity (Wildman–Crippen MR) is 76.7 cm³/mol. The molecule has 0 saturated carbocycles. The Morgan fingerprint density at radius 1 is 1.28 bits per heavy atom. The van der Waals surface area contributed by atoms with Gasteiger partial charge in [-0.1, -0.05) is 6.92 Å². The smallest absolute Gasteiger partial charge is 0.119 e. The van der Waals surface area contributed by atoms with Gasteiger partial charge < -0.3 is 10.1 Å². The van der Waals surface area contributed by atoms with Crippen LogP contribution >= 0.6 is 0 Å². The second kappa shape index (κ2) is 6.78. The SMILES string of the molecule is CCCOc1ccc(NC2CCS(=O)CC2)cc1. The van der Waals surface area contributed by atoms with Crippen molar-refractivity contribution in [2.75, 3.05) is 23.4 Å². The fourth-order valence-electron chi connectivity index (χ4n) is 2.04. The van der Waals surface area contributed by atoms with Gasteiger partial charge in [-0.2, -0.15) is 0 Å². The van der Waals surface area contributed by atoms with Crippen LogP contribution in [-0.4, -0.2) is 28.4 Å². The number of ether oxygens (including phenoxy) is 1. The van der Waals surface area contributed by atoms with Crippen LogP contribution < -0.4 is 10.1 Å². The molecule has 2 rings (SSSR count). The molecule has 1 N–H and O–H groups in total. The van der Waals surface area contributed by atoms with Crippen LogP contribution in [0.2, 0.25) is 0 Å². The van der Waals surface area contributed by atoms with Gasteiger partial charge >= 0.3 is 0 Å². The Hall–Kier alpha value is -1.03. The monoisotopic (exact) mass is 267 g/mol. The number of rotatable bonds is 5. The summed E-state index contributed by atoms with van der Waals surface area (Å²) in [5.74, 6) is 2.58. The Morgan fingerprint density at radius 2 is 1.94 bits per heavy atom. The molecule has 0 unspecified atom stereocenters. The quantitative estimate of drug-likeness (QED) is 0.891. The zero-order chi connectivity index (χ0) is 12.8. The molecule has 0 atom stereocenters. The van der Waals surface area contributed by atoms with Gasteiger partial charge in [0.05, 0.1) is 6.61 Å². The van der Waals surface area contributed by atoms with Gasteiger partial charge in [0.1, 0.15) is 5.75 Å². The minimum absolute atomic E-state index is 0.463. The van der Waals surface area contributed by atoms with Crippen LogP contribution in [-0.2, 0) is 10.8 Å². The van der Waals surface area contributed by atoms with Gasteiger partial charge in [0, 0.05) is 34.0 Å². The van der Waals surface area contributed by atoms with Crippen molar-refractivity contribution in [1.82, 2.24) is 0 Å². The maximum atomic E-state index is 11.3. The Balaban J connectivity index is 1.84. The fourth-order valence-corrected chi connectivity index (χ4v) is 3.34. The van der Waals surface area contributed by atoms with E-state index in [1.54, 1.807) is 0 Å². The summed E-state index contributed by atoms with van der Waals surface area (Å²) in [5.41, 5.74) is 1.12. The van der Waals surface area contributed by atoms with Gasteiger partial charge in [0.2, 0.25) is 0 Å². The van der Waals surface area contributed by atoms with E-state index >= 15 is 0 Å². The highest BCUT2D eigenvalue weighted by atomic mass is 32.2. The molecule has 0 amide bonds. The van der Waals surface area contributed by atoms with E-state index in [1.165, 1.54) is 0 Å². The van der Waals surface area contributed by atoms with Gasteiger partial charge in [-0.3, -0.25) is 4.21 Å². The van der Waals surface area contributed by atoms with Crippen molar-refractivity contribution in [2.24, 2.45) is 0 Å². The summed E-state index contributed by atoms with van der Waals surface area (Å²) in [7, 11) is -0.586. The van der Waals surface area contributed by atoms with Crippen molar-refractivity contribution in [3.63, 3.8) is 0 Å². The van der Waals surface area contributed by atoms with Crippen molar-refractivity contribution >= 4 is 16.5 Å². The molecule has 0 spiro atoms. The number of nitrogens with one attached hydrogen (secondary N) is 1. The molecule has 100 valence electrons. The van der Waals surface area contributed by atoms with Crippen LogP contribution in [0.5, 0.6) is 5.75 Å². The van der Waals surface area contributed by atoms with Gasteiger partial charge in [0.15, 0.2) is 0 Å². The van der Waals surface area contributed by atoms with E-state index < -0.39 is 10.8 Å². The molecule has 1 aromatic carbocycles. The first-order chi connectivity index (χ1) is 8.78. The largest absolute Gasteiger partial charge is 0.494 e. The second-order valence-electron chi connectivity index (χ2n) is 4.64. The van der Waals surface area contributed by atoms with E-state index in [4.69, 9.17) is 4.74 Å². The van der Waals surface area contributed by atoms with Crippen molar-refractivity contribution in [1.29, 1.82) is 0 Å². The third kappa shape index (κ3) is 4.02. The summed E-state index contributed by atoms with van der Waals surface area (Å²) < 4.78 is 16.8. The lowest BCUT2D eigenvalue weighted by atomic mass is 10.1. The molecule has 1 aliphatic rings. The van der Waals surface area contributed by atoms with E-state index in [9.17, 15) is 4.21 Å². The van der Waals surface area contributed by atoms with Gasteiger partial charge in [-0.25, -0.2) is 0 Å². The zero-order valence-electron chi connectivity index (χ0n) is 10.9. The average Bonchev–Trinajstić information content (AvgIpc) is 2.41. The molecule has 1 saturated heterocycles. The third-order valence-electron chi connectivity index (χ3n) is 3.09. The van der Waals surface area contributed by atoms with Crippen LogP contribution in [0.1, 0.15) is 26.2 Å². The van der Waals surface area contributed by atoms with Crippen LogP contribution in [0.15, 0.2) is 24.3 Å². The van der Waals surface area contributed by atoms with Crippen LogP contribution in [0.3, 0.4) is 0 Å². The number of benzene rings is 1. The van der Waals surface area contributed by atoms with E-state index in [0.717, 1.165) is 48.8 Å². The molecular weight excluding hydrogens is 246 g/mol. The predicted octanol–water partition coefficient (Wildman–Crippen LogP) is 2.80. The van der Waals surface area contributed by atoms with E-state index in [0.29, 0.717) is 6.04 Å². The fraction of sp³-hybridized carbons (Fsp3) is 0.571. The molecule has 0 aromatic heterocycles. The van der Waals surface area contributed by atoms with E-state index in [-0.39, 0.29) is 0 Å². The van der Waals surface area contributed by atoms with Crippen LogP contribution in [0.25, 0.3) is 0 Å². The Morgan fingerprint density at radius 3 is 2.56 bits per heavy atom. The highest BCUT2D eigenvalue weighted by Gasteiger charge is 2.17. The normalized spacial score (nSPS) is 23.6. The lowest BCUT2D eigenvalue weighted by Gasteiger charge is -2.23. The molecule has 0 bridgehead atoms. The topological polar surface area (TPSA) is 38.3 Å². The van der Waals surface area contributed by atoms with E-state index in [2.05, 4.69) is 24.4 Å². The molecule has 1 fully saturated rings. The lowest BCUT2D eigenvalue weighted by molar-refractivity contribution is 0.317. The third-order valence-corrected chi connectivity index (χ3v) is 4.47. The molecule has 0 radical (unpaired) electrons. The summed E-state index contributed by atoms with van der Waals surface area (Å²) in [6.07, 6.45) is 3.03. The van der Waals surface area contributed by atoms with Crippen LogP contribution in [0.4, 0.5) is 5.69 Å². The van der Waals surface area contributed by atoms with Gasteiger partial charge in [-0.15, -0.1) is 0 Å². The summed E-state index contributed by atoms with van der Waals surface area (Å²) >= 11 is 0. The second-order valence-corrected chi connectivity index (χ2v) is 6.34. The van der Waals surface area contributed by atoms with Crippen LogP contribution in [0, 0.1) is 0 Å². The van der Waals surface area contributed by atoms with E-state index in [1.807, 2.05) is 12.1 Å². The number of hydrogen-bond donors (Lipinski definition) is 1. The number of hydrogen-bond acceptors (Lipinski definition) is 3. The van der Waals surface area contributed by atoms with Gasteiger partial charge in [-0.05, 0) is 43.5 Å². The highest BCUT2D eigenvalue weighted by Crippen LogP contribution is 2.19. The minimum Gasteiger partial charge on any atom is -0.494 e. The summed E-state index contributed by atoms with van der Waals surface area (Å²) in [6, 6.07) is 8.57. The molecule has 4 heteroatoms. The molecule has 18 heavy (non-hydrogen) atoms. The first-order valence-corrected chi connectivity index (χ1v) is 8.11. The molecule has 1 aliphatic heterocycles. The maximum Gasteiger partial charge on any atom is 0.119 e. The first-order valence-electron chi connectivity index (χ1n) is 6.62. The first kappa shape index (κ1) is 13.4. The molecule has 0 aliphatic carbocycles.